The number of esters is 1. The van der Waals surface area contributed by atoms with E-state index in [0.717, 1.165) is 12.1 Å². The zero-order valence-corrected chi connectivity index (χ0v) is 13.2. The van der Waals surface area contributed by atoms with Gasteiger partial charge in [0, 0.05) is 5.56 Å². The molecular formula is C16H13FN2O4S. The number of hydrogen-bond donors (Lipinski definition) is 1. The first-order valence-electron chi connectivity index (χ1n) is 6.81. The van der Waals surface area contributed by atoms with Crippen molar-refractivity contribution in [2.24, 2.45) is 0 Å². The van der Waals surface area contributed by atoms with Gasteiger partial charge in [-0.15, -0.1) is 0 Å². The van der Waals surface area contributed by atoms with Crippen molar-refractivity contribution >= 4 is 16.0 Å². The Kier molecular flexibility index (Phi) is 5.63. The molecule has 0 aliphatic rings. The summed E-state index contributed by atoms with van der Waals surface area (Å²) in [4.78, 5) is 11.4. The zero-order chi connectivity index (χ0) is 17.6. The normalized spacial score (nSPS) is 10.8. The van der Waals surface area contributed by atoms with Gasteiger partial charge in [0.1, 0.15) is 19.0 Å². The van der Waals surface area contributed by atoms with Crippen LogP contribution in [0.1, 0.15) is 11.1 Å². The summed E-state index contributed by atoms with van der Waals surface area (Å²) in [6.07, 6.45) is 0. The quantitative estimate of drug-likeness (QED) is 0.802. The molecule has 0 spiro atoms. The molecule has 0 aliphatic heterocycles. The van der Waals surface area contributed by atoms with Gasteiger partial charge in [0.05, 0.1) is 16.5 Å². The maximum Gasteiger partial charge on any atom is 0.321 e. The van der Waals surface area contributed by atoms with Crippen LogP contribution in [0, 0.1) is 17.1 Å². The van der Waals surface area contributed by atoms with Gasteiger partial charge in [-0.1, -0.05) is 24.3 Å². The SMILES string of the molecule is N#Cc1ccccc1COC(=O)CNS(=O)(=O)c1cccc(F)c1. The van der Waals surface area contributed by atoms with Crippen molar-refractivity contribution in [1.29, 1.82) is 5.26 Å². The lowest BCUT2D eigenvalue weighted by Gasteiger charge is -2.08. The predicted octanol–water partition coefficient (Wildman–Crippen LogP) is 1.72. The van der Waals surface area contributed by atoms with Gasteiger partial charge >= 0.3 is 5.97 Å². The summed E-state index contributed by atoms with van der Waals surface area (Å²) in [7, 11) is -4.02. The Bertz CT molecular complexity index is 891. The molecule has 2 aromatic rings. The van der Waals surface area contributed by atoms with E-state index >= 15 is 0 Å². The molecule has 0 amide bonds. The summed E-state index contributed by atoms with van der Waals surface area (Å²) < 4.78 is 43.9. The molecule has 6 nitrogen and oxygen atoms in total. The molecule has 124 valence electrons. The number of nitrogens with zero attached hydrogens (tertiary/aromatic N) is 1. The van der Waals surface area contributed by atoms with Gasteiger partial charge in [0.15, 0.2) is 0 Å². The van der Waals surface area contributed by atoms with E-state index in [9.17, 15) is 17.6 Å². The monoisotopic (exact) mass is 348 g/mol. The van der Waals surface area contributed by atoms with Gasteiger partial charge in [-0.2, -0.15) is 9.98 Å². The molecule has 0 atom stereocenters. The zero-order valence-electron chi connectivity index (χ0n) is 12.4. The fourth-order valence-electron chi connectivity index (χ4n) is 1.84. The molecule has 0 bridgehead atoms. The summed E-state index contributed by atoms with van der Waals surface area (Å²) in [5.74, 6) is -1.52. The van der Waals surface area contributed by atoms with Crippen LogP contribution in [0.2, 0.25) is 0 Å². The van der Waals surface area contributed by atoms with Crippen LogP contribution in [0.25, 0.3) is 0 Å². The highest BCUT2D eigenvalue weighted by molar-refractivity contribution is 7.89. The number of sulfonamides is 1. The maximum atomic E-state index is 13.1. The van der Waals surface area contributed by atoms with Crippen molar-refractivity contribution in [2.45, 2.75) is 11.5 Å². The van der Waals surface area contributed by atoms with Crippen molar-refractivity contribution in [3.05, 3.63) is 65.5 Å². The number of nitriles is 1. The third kappa shape index (κ3) is 4.62. The van der Waals surface area contributed by atoms with Crippen LogP contribution in [0.4, 0.5) is 4.39 Å². The van der Waals surface area contributed by atoms with E-state index in [4.69, 9.17) is 10.00 Å². The molecule has 0 heterocycles. The number of halogens is 1. The van der Waals surface area contributed by atoms with Crippen LogP contribution >= 0.6 is 0 Å². The molecule has 2 aromatic carbocycles. The molecule has 2 rings (SSSR count). The lowest BCUT2D eigenvalue weighted by atomic mass is 10.1. The fourth-order valence-corrected chi connectivity index (χ4v) is 2.84. The number of hydrogen-bond acceptors (Lipinski definition) is 5. The molecule has 0 fully saturated rings. The number of carbonyl (C=O) groups is 1. The number of benzene rings is 2. The Morgan fingerprint density at radius 1 is 1.21 bits per heavy atom. The van der Waals surface area contributed by atoms with E-state index in [-0.39, 0.29) is 11.5 Å². The molecule has 0 aromatic heterocycles. The van der Waals surface area contributed by atoms with Crippen molar-refractivity contribution in [1.82, 2.24) is 4.72 Å². The van der Waals surface area contributed by atoms with Crippen LogP contribution in [0.15, 0.2) is 53.4 Å². The summed E-state index contributed by atoms with van der Waals surface area (Å²) in [5, 5.41) is 8.93. The van der Waals surface area contributed by atoms with Gasteiger partial charge in [-0.25, -0.2) is 12.8 Å². The average Bonchev–Trinajstić information content (AvgIpc) is 2.58. The molecular weight excluding hydrogens is 335 g/mol. The van der Waals surface area contributed by atoms with E-state index in [1.165, 1.54) is 12.1 Å². The van der Waals surface area contributed by atoms with Gasteiger partial charge in [0.2, 0.25) is 10.0 Å². The molecule has 0 unspecified atom stereocenters. The molecule has 0 saturated carbocycles. The standard InChI is InChI=1S/C16H13FN2O4S/c17-14-6-3-7-15(8-14)24(21,22)19-10-16(20)23-11-13-5-2-1-4-12(13)9-18/h1-8,19H,10-11H2. The molecule has 1 N–H and O–H groups in total. The first-order valence-corrected chi connectivity index (χ1v) is 8.29. The first kappa shape index (κ1) is 17.6. The van der Waals surface area contributed by atoms with E-state index in [1.54, 1.807) is 24.3 Å². The van der Waals surface area contributed by atoms with Gasteiger partial charge in [-0.3, -0.25) is 4.79 Å². The highest BCUT2D eigenvalue weighted by atomic mass is 32.2. The van der Waals surface area contributed by atoms with Crippen LogP contribution in [-0.2, 0) is 26.2 Å². The van der Waals surface area contributed by atoms with E-state index < -0.39 is 28.4 Å². The summed E-state index contributed by atoms with van der Waals surface area (Å²) in [5.41, 5.74) is 0.881. The summed E-state index contributed by atoms with van der Waals surface area (Å²) in [6.45, 7) is -0.752. The number of ether oxygens (including phenoxy) is 1. The fraction of sp³-hybridized carbons (Fsp3) is 0.125. The van der Waals surface area contributed by atoms with Crippen LogP contribution in [0.3, 0.4) is 0 Å². The highest BCUT2D eigenvalue weighted by Crippen LogP contribution is 2.11. The van der Waals surface area contributed by atoms with Crippen molar-refractivity contribution in [3.63, 3.8) is 0 Å². The van der Waals surface area contributed by atoms with E-state index in [2.05, 4.69) is 0 Å². The number of nitrogens with one attached hydrogen (secondary N) is 1. The number of carbonyl (C=O) groups excluding carboxylic acids is 1. The van der Waals surface area contributed by atoms with Gasteiger partial charge in [0.25, 0.3) is 0 Å². The second-order valence-corrected chi connectivity index (χ2v) is 6.48. The second kappa shape index (κ2) is 7.68. The van der Waals surface area contributed by atoms with Gasteiger partial charge < -0.3 is 4.74 Å². The lowest BCUT2D eigenvalue weighted by Crippen LogP contribution is -2.30. The maximum absolute atomic E-state index is 13.1. The minimum absolute atomic E-state index is 0.149. The first-order chi connectivity index (χ1) is 11.4. The highest BCUT2D eigenvalue weighted by Gasteiger charge is 2.16. The number of rotatable bonds is 6. The van der Waals surface area contributed by atoms with Gasteiger partial charge in [-0.05, 0) is 24.3 Å². The Hall–Kier alpha value is -2.76. The van der Waals surface area contributed by atoms with Crippen LogP contribution in [-0.4, -0.2) is 20.9 Å². The third-order valence-electron chi connectivity index (χ3n) is 3.04. The van der Waals surface area contributed by atoms with Crippen LogP contribution in [0.5, 0.6) is 0 Å². The Morgan fingerprint density at radius 2 is 1.96 bits per heavy atom. The summed E-state index contributed by atoms with van der Waals surface area (Å²) in [6, 6.07) is 13.0. The molecule has 0 saturated heterocycles. The topological polar surface area (TPSA) is 96.3 Å². The third-order valence-corrected chi connectivity index (χ3v) is 4.44. The van der Waals surface area contributed by atoms with Crippen molar-refractivity contribution in [3.8, 4) is 6.07 Å². The lowest BCUT2D eigenvalue weighted by molar-refractivity contribution is -0.143. The Labute approximate surface area is 138 Å². The molecule has 8 heteroatoms. The minimum atomic E-state index is -4.02. The average molecular weight is 348 g/mol. The van der Waals surface area contributed by atoms with E-state index in [1.807, 2.05) is 10.8 Å². The Balaban J connectivity index is 1.92. The van der Waals surface area contributed by atoms with Crippen molar-refractivity contribution < 1.29 is 22.3 Å². The predicted molar refractivity (Wildman–Crippen MR) is 82.5 cm³/mol. The summed E-state index contributed by atoms with van der Waals surface area (Å²) >= 11 is 0. The second-order valence-electron chi connectivity index (χ2n) is 4.71. The molecule has 24 heavy (non-hydrogen) atoms. The van der Waals surface area contributed by atoms with Crippen LogP contribution < -0.4 is 4.72 Å². The minimum Gasteiger partial charge on any atom is -0.460 e. The van der Waals surface area contributed by atoms with E-state index in [0.29, 0.717) is 11.1 Å². The molecule has 0 radical (unpaired) electrons. The van der Waals surface area contributed by atoms with Crippen molar-refractivity contribution in [2.75, 3.05) is 6.54 Å². The smallest absolute Gasteiger partial charge is 0.321 e. The Morgan fingerprint density at radius 3 is 2.67 bits per heavy atom. The largest absolute Gasteiger partial charge is 0.460 e. The molecule has 0 aliphatic carbocycles.